The van der Waals surface area contributed by atoms with Crippen molar-refractivity contribution in [1.29, 1.82) is 0 Å². The van der Waals surface area contributed by atoms with Crippen LogP contribution < -0.4 is 0 Å². The molecule has 0 aliphatic rings. The Morgan fingerprint density at radius 3 is 2.82 bits per heavy atom. The first-order valence-electron chi connectivity index (χ1n) is 3.16. The zero-order chi connectivity index (χ0) is 8.27. The Morgan fingerprint density at radius 2 is 2.36 bits per heavy atom. The van der Waals surface area contributed by atoms with Gasteiger partial charge in [0.2, 0.25) is 5.78 Å². The van der Waals surface area contributed by atoms with Crippen LogP contribution in [0.15, 0.2) is 17.0 Å². The second-order valence-electron chi connectivity index (χ2n) is 2.38. The zero-order valence-corrected chi connectivity index (χ0v) is 7.18. The van der Waals surface area contributed by atoms with E-state index in [4.69, 9.17) is 0 Å². The summed E-state index contributed by atoms with van der Waals surface area (Å²) < 4.78 is 3.59. The lowest BCUT2D eigenvalue weighted by Crippen LogP contribution is -1.94. The molecule has 0 atom stereocenters. The number of carbonyl (C=O) groups is 1. The fourth-order valence-corrected chi connectivity index (χ4v) is 1.05. The minimum Gasteiger partial charge on any atom is -0.287 e. The maximum Gasteiger partial charge on any atom is 0.206 e. The van der Waals surface area contributed by atoms with Crippen molar-refractivity contribution < 1.29 is 4.79 Å². The summed E-state index contributed by atoms with van der Waals surface area (Å²) in [4.78, 5) is 11.1. The van der Waals surface area contributed by atoms with E-state index in [-0.39, 0.29) is 5.78 Å². The summed E-state index contributed by atoms with van der Waals surface area (Å²) in [5, 5.41) is 5.28. The van der Waals surface area contributed by atoms with Crippen molar-refractivity contribution in [1.82, 2.24) is 9.59 Å². The number of carbonyl (C=O) groups excluding carboxylic acids is 1. The summed E-state index contributed by atoms with van der Waals surface area (Å²) in [6.07, 6.45) is 1.55. The largest absolute Gasteiger partial charge is 0.287 e. The lowest BCUT2D eigenvalue weighted by molar-refractivity contribution is 0.104. The van der Waals surface area contributed by atoms with E-state index in [1.165, 1.54) is 11.5 Å². The van der Waals surface area contributed by atoms with Crippen LogP contribution in [0, 0.1) is 0 Å². The van der Waals surface area contributed by atoms with E-state index in [1.807, 2.05) is 13.8 Å². The molecule has 1 aromatic heterocycles. The van der Waals surface area contributed by atoms with E-state index in [2.05, 4.69) is 9.59 Å². The molecule has 4 heteroatoms. The third kappa shape index (κ3) is 2.23. The molecular weight excluding hydrogens is 160 g/mol. The number of allylic oxidation sites excluding steroid dienone is 2. The highest BCUT2D eigenvalue weighted by molar-refractivity contribution is 7.03. The fourth-order valence-electron chi connectivity index (χ4n) is 0.608. The fraction of sp³-hybridized carbons (Fsp3) is 0.286. The van der Waals surface area contributed by atoms with E-state index in [9.17, 15) is 4.79 Å². The number of rotatable bonds is 2. The van der Waals surface area contributed by atoms with Gasteiger partial charge in [-0.3, -0.25) is 4.79 Å². The van der Waals surface area contributed by atoms with Crippen molar-refractivity contribution in [3.8, 4) is 0 Å². The molecule has 3 nitrogen and oxygen atoms in total. The van der Waals surface area contributed by atoms with Gasteiger partial charge < -0.3 is 0 Å². The quantitative estimate of drug-likeness (QED) is 0.498. The van der Waals surface area contributed by atoms with Gasteiger partial charge in [0.15, 0.2) is 0 Å². The molecule has 0 aliphatic heterocycles. The Bertz CT molecular complexity index is 273. The first-order valence-corrected chi connectivity index (χ1v) is 4.00. The highest BCUT2D eigenvalue weighted by atomic mass is 32.1. The molecule has 0 radical (unpaired) electrons. The third-order valence-electron chi connectivity index (χ3n) is 1.03. The minimum atomic E-state index is -0.0706. The molecule has 0 unspecified atom stereocenters. The average Bonchev–Trinajstić information content (AvgIpc) is 2.35. The van der Waals surface area contributed by atoms with Gasteiger partial charge in [0.25, 0.3) is 0 Å². The second kappa shape index (κ2) is 3.39. The van der Waals surface area contributed by atoms with E-state index in [0.717, 1.165) is 5.57 Å². The van der Waals surface area contributed by atoms with E-state index in [1.54, 1.807) is 11.5 Å². The summed E-state index contributed by atoms with van der Waals surface area (Å²) >= 11 is 1.18. The summed E-state index contributed by atoms with van der Waals surface area (Å²) in [6.45, 7) is 3.75. The average molecular weight is 168 g/mol. The predicted octanol–water partition coefficient (Wildman–Crippen LogP) is 1.69. The standard InChI is InChI=1S/C7H8N2OS/c1-5(2)3-7(10)6-4-11-9-8-6/h3-4H,1-2H3. The molecule has 58 valence electrons. The van der Waals surface area contributed by atoms with Gasteiger partial charge >= 0.3 is 0 Å². The van der Waals surface area contributed by atoms with Gasteiger partial charge in [0.1, 0.15) is 5.69 Å². The van der Waals surface area contributed by atoms with Crippen LogP contribution >= 0.6 is 11.5 Å². The van der Waals surface area contributed by atoms with Crippen LogP contribution in [0.5, 0.6) is 0 Å². The van der Waals surface area contributed by atoms with Gasteiger partial charge in [-0.15, -0.1) is 5.10 Å². The van der Waals surface area contributed by atoms with E-state index < -0.39 is 0 Å². The van der Waals surface area contributed by atoms with Crippen LogP contribution in [-0.4, -0.2) is 15.4 Å². The Hall–Kier alpha value is -1.03. The van der Waals surface area contributed by atoms with Crippen molar-refractivity contribution in [3.63, 3.8) is 0 Å². The molecule has 0 spiro atoms. The van der Waals surface area contributed by atoms with Gasteiger partial charge in [-0.1, -0.05) is 10.1 Å². The molecule has 1 rings (SSSR count). The molecule has 0 bridgehead atoms. The van der Waals surface area contributed by atoms with Crippen molar-refractivity contribution >= 4 is 17.3 Å². The van der Waals surface area contributed by atoms with Gasteiger partial charge in [-0.2, -0.15) is 0 Å². The van der Waals surface area contributed by atoms with Gasteiger partial charge in [0.05, 0.1) is 0 Å². The first-order chi connectivity index (χ1) is 5.20. The molecule has 1 aromatic rings. The minimum absolute atomic E-state index is 0.0706. The number of nitrogens with zero attached hydrogens (tertiary/aromatic N) is 2. The van der Waals surface area contributed by atoms with Crippen LogP contribution in [0.2, 0.25) is 0 Å². The van der Waals surface area contributed by atoms with Crippen LogP contribution in [0.25, 0.3) is 0 Å². The summed E-state index contributed by atoms with van der Waals surface area (Å²) in [7, 11) is 0. The Balaban J connectivity index is 2.80. The molecule has 0 aliphatic carbocycles. The smallest absolute Gasteiger partial charge is 0.206 e. The maximum atomic E-state index is 11.1. The van der Waals surface area contributed by atoms with Crippen molar-refractivity contribution in [3.05, 3.63) is 22.7 Å². The van der Waals surface area contributed by atoms with Crippen LogP contribution in [-0.2, 0) is 0 Å². The van der Waals surface area contributed by atoms with E-state index in [0.29, 0.717) is 5.69 Å². The van der Waals surface area contributed by atoms with Crippen LogP contribution in [0.3, 0.4) is 0 Å². The molecule has 0 saturated carbocycles. The number of ketones is 1. The molecule has 0 fully saturated rings. The molecular formula is C7H8N2OS. The molecule has 11 heavy (non-hydrogen) atoms. The lowest BCUT2D eigenvalue weighted by Gasteiger charge is -1.86. The van der Waals surface area contributed by atoms with Gasteiger partial charge in [-0.05, 0) is 31.5 Å². The SMILES string of the molecule is CC(C)=CC(=O)c1csnn1. The molecule has 0 amide bonds. The second-order valence-corrected chi connectivity index (χ2v) is 2.99. The zero-order valence-electron chi connectivity index (χ0n) is 6.37. The maximum absolute atomic E-state index is 11.1. The monoisotopic (exact) mass is 168 g/mol. The van der Waals surface area contributed by atoms with E-state index >= 15 is 0 Å². The van der Waals surface area contributed by atoms with Crippen molar-refractivity contribution in [2.75, 3.05) is 0 Å². The predicted molar refractivity (Wildman–Crippen MR) is 43.7 cm³/mol. The van der Waals surface area contributed by atoms with Gasteiger partial charge in [0, 0.05) is 5.38 Å². The third-order valence-corrected chi connectivity index (χ3v) is 1.54. The molecule has 1 heterocycles. The Morgan fingerprint density at radius 1 is 1.64 bits per heavy atom. The summed E-state index contributed by atoms with van der Waals surface area (Å²) in [5.41, 5.74) is 1.40. The normalized spacial score (nSPS) is 9.27. The van der Waals surface area contributed by atoms with Crippen molar-refractivity contribution in [2.45, 2.75) is 13.8 Å². The lowest BCUT2D eigenvalue weighted by atomic mass is 10.2. The molecule has 0 N–H and O–H groups in total. The molecule has 0 aromatic carbocycles. The number of hydrogen-bond donors (Lipinski definition) is 0. The highest BCUT2D eigenvalue weighted by Gasteiger charge is 2.03. The van der Waals surface area contributed by atoms with Crippen LogP contribution in [0.4, 0.5) is 0 Å². The Kier molecular flexibility index (Phi) is 2.48. The highest BCUT2D eigenvalue weighted by Crippen LogP contribution is 2.01. The van der Waals surface area contributed by atoms with Crippen LogP contribution in [0.1, 0.15) is 24.3 Å². The summed E-state index contributed by atoms with van der Waals surface area (Å²) in [6, 6.07) is 0. The Labute approximate surface area is 68.9 Å². The topological polar surface area (TPSA) is 42.9 Å². The first kappa shape index (κ1) is 8.07. The van der Waals surface area contributed by atoms with Gasteiger partial charge in [-0.25, -0.2) is 0 Å². The number of hydrogen-bond acceptors (Lipinski definition) is 4. The van der Waals surface area contributed by atoms with Crippen molar-refractivity contribution in [2.24, 2.45) is 0 Å². The number of aromatic nitrogens is 2. The molecule has 0 saturated heterocycles. The summed E-state index contributed by atoms with van der Waals surface area (Å²) in [5.74, 6) is -0.0706.